The van der Waals surface area contributed by atoms with Crippen molar-refractivity contribution in [1.82, 2.24) is 5.32 Å². The monoisotopic (exact) mass is 400 g/mol. The van der Waals surface area contributed by atoms with Gasteiger partial charge in [-0.2, -0.15) is 0 Å². The van der Waals surface area contributed by atoms with E-state index in [-0.39, 0.29) is 17.8 Å². The molecule has 0 saturated carbocycles. The molecule has 0 aliphatic rings. The maximum atomic E-state index is 11.9. The third kappa shape index (κ3) is 6.35. The molecule has 2 aromatic rings. The van der Waals surface area contributed by atoms with Gasteiger partial charge in [-0.05, 0) is 29.8 Å². The van der Waals surface area contributed by atoms with Crippen LogP contribution in [0.2, 0.25) is 0 Å². The number of rotatable bonds is 9. The number of ether oxygens (including phenoxy) is 3. The maximum Gasteiger partial charge on any atom is 0.331 e. The number of nitrogens with one attached hydrogen (secondary N) is 1. The number of hydrogen-bond donors (Lipinski definition) is 1. The molecule has 1 N–H and O–H groups in total. The van der Waals surface area contributed by atoms with Gasteiger partial charge in [-0.25, -0.2) is 4.79 Å². The molecule has 0 aromatic heterocycles. The normalized spacial score (nSPS) is 10.4. The van der Waals surface area contributed by atoms with Gasteiger partial charge >= 0.3 is 5.97 Å². The standard InChI is InChI=1S/C20H20N2O7/c1-27-17-9-7-14(11-18(17)28-2)12-21-19(23)13-29-20(24)10-8-15-5-3-4-6-16(15)22(25)26/h3-11H,12-13H2,1-2H3,(H,21,23). The van der Waals surface area contributed by atoms with Crippen LogP contribution in [-0.4, -0.2) is 37.6 Å². The third-order valence-corrected chi connectivity index (χ3v) is 3.82. The van der Waals surface area contributed by atoms with E-state index < -0.39 is 23.4 Å². The van der Waals surface area contributed by atoms with Crippen molar-refractivity contribution in [2.45, 2.75) is 6.54 Å². The predicted molar refractivity (Wildman–Crippen MR) is 104 cm³/mol. The smallest absolute Gasteiger partial charge is 0.331 e. The maximum absolute atomic E-state index is 11.9. The molecule has 0 atom stereocenters. The number of nitrogens with zero attached hydrogens (tertiary/aromatic N) is 1. The van der Waals surface area contributed by atoms with Crippen LogP contribution in [0.1, 0.15) is 11.1 Å². The van der Waals surface area contributed by atoms with E-state index in [4.69, 9.17) is 14.2 Å². The lowest BCUT2D eigenvalue weighted by molar-refractivity contribution is -0.385. The van der Waals surface area contributed by atoms with Crippen molar-refractivity contribution < 1.29 is 28.7 Å². The van der Waals surface area contributed by atoms with Crippen LogP contribution in [0.25, 0.3) is 6.08 Å². The van der Waals surface area contributed by atoms with Gasteiger partial charge in [0.1, 0.15) is 0 Å². The number of esters is 1. The summed E-state index contributed by atoms with van der Waals surface area (Å²) in [5.41, 5.74) is 0.898. The summed E-state index contributed by atoms with van der Waals surface area (Å²) in [6, 6.07) is 11.2. The molecule has 152 valence electrons. The van der Waals surface area contributed by atoms with Crippen LogP contribution < -0.4 is 14.8 Å². The van der Waals surface area contributed by atoms with E-state index in [0.29, 0.717) is 11.5 Å². The average Bonchev–Trinajstić information content (AvgIpc) is 2.74. The first-order valence-corrected chi connectivity index (χ1v) is 8.50. The van der Waals surface area contributed by atoms with E-state index >= 15 is 0 Å². The van der Waals surface area contributed by atoms with Crippen LogP contribution in [-0.2, 0) is 20.9 Å². The molecule has 0 spiro atoms. The van der Waals surface area contributed by atoms with Crippen LogP contribution in [0, 0.1) is 10.1 Å². The first-order valence-electron chi connectivity index (χ1n) is 8.50. The molecule has 0 unspecified atom stereocenters. The lowest BCUT2D eigenvalue weighted by atomic mass is 10.1. The van der Waals surface area contributed by atoms with Crippen molar-refractivity contribution in [3.63, 3.8) is 0 Å². The Morgan fingerprint density at radius 2 is 1.83 bits per heavy atom. The molecule has 0 saturated heterocycles. The summed E-state index contributed by atoms with van der Waals surface area (Å²) in [5.74, 6) is -0.176. The Balaban J connectivity index is 1.83. The summed E-state index contributed by atoms with van der Waals surface area (Å²) >= 11 is 0. The molecule has 0 fully saturated rings. The van der Waals surface area contributed by atoms with Gasteiger partial charge in [0.25, 0.3) is 11.6 Å². The van der Waals surface area contributed by atoms with Gasteiger partial charge in [-0.3, -0.25) is 14.9 Å². The lowest BCUT2D eigenvalue weighted by Crippen LogP contribution is -2.28. The van der Waals surface area contributed by atoms with Crippen molar-refractivity contribution >= 4 is 23.6 Å². The second kappa shape index (κ2) is 10.5. The van der Waals surface area contributed by atoms with E-state index in [9.17, 15) is 19.7 Å². The second-order valence-electron chi connectivity index (χ2n) is 5.72. The first-order chi connectivity index (χ1) is 13.9. The molecule has 9 nitrogen and oxygen atoms in total. The van der Waals surface area contributed by atoms with Gasteiger partial charge in [0.15, 0.2) is 18.1 Å². The molecular formula is C20H20N2O7. The quantitative estimate of drug-likeness (QED) is 0.297. The van der Waals surface area contributed by atoms with Crippen LogP contribution in [0.4, 0.5) is 5.69 Å². The number of hydrogen-bond acceptors (Lipinski definition) is 7. The summed E-state index contributed by atoms with van der Waals surface area (Å²) in [7, 11) is 3.04. The van der Waals surface area contributed by atoms with Gasteiger partial charge in [0, 0.05) is 18.7 Å². The molecule has 0 radical (unpaired) electrons. The SMILES string of the molecule is COc1ccc(CNC(=O)COC(=O)C=Cc2ccccc2[N+](=O)[O-])cc1OC. The van der Waals surface area contributed by atoms with E-state index in [1.807, 2.05) is 0 Å². The number of carbonyl (C=O) groups excluding carboxylic acids is 2. The Kier molecular flexibility index (Phi) is 7.72. The Morgan fingerprint density at radius 3 is 2.52 bits per heavy atom. The van der Waals surface area contributed by atoms with Gasteiger partial charge in [0.05, 0.1) is 24.7 Å². The van der Waals surface area contributed by atoms with Crippen LogP contribution in [0.3, 0.4) is 0 Å². The lowest BCUT2D eigenvalue weighted by Gasteiger charge is -2.10. The number of para-hydroxylation sites is 1. The number of methoxy groups -OCH3 is 2. The number of benzene rings is 2. The highest BCUT2D eigenvalue weighted by atomic mass is 16.6. The van der Waals surface area contributed by atoms with E-state index in [2.05, 4.69) is 5.32 Å². The van der Waals surface area contributed by atoms with Crippen molar-refractivity contribution in [2.75, 3.05) is 20.8 Å². The minimum atomic E-state index is -0.788. The molecule has 0 aliphatic carbocycles. The van der Waals surface area contributed by atoms with Gasteiger partial charge in [-0.1, -0.05) is 18.2 Å². The highest BCUT2D eigenvalue weighted by molar-refractivity contribution is 5.89. The highest BCUT2D eigenvalue weighted by Gasteiger charge is 2.11. The van der Waals surface area contributed by atoms with Crippen molar-refractivity contribution in [2.24, 2.45) is 0 Å². The van der Waals surface area contributed by atoms with Crippen LogP contribution in [0.5, 0.6) is 11.5 Å². The second-order valence-corrected chi connectivity index (χ2v) is 5.72. The number of amides is 1. The summed E-state index contributed by atoms with van der Waals surface area (Å²) in [5, 5.41) is 13.5. The summed E-state index contributed by atoms with van der Waals surface area (Å²) in [6.07, 6.45) is 2.30. The third-order valence-electron chi connectivity index (χ3n) is 3.82. The number of nitro groups is 1. The predicted octanol–water partition coefficient (Wildman–Crippen LogP) is 2.48. The fourth-order valence-corrected chi connectivity index (χ4v) is 2.38. The van der Waals surface area contributed by atoms with Gasteiger partial charge in [0.2, 0.25) is 0 Å². The van der Waals surface area contributed by atoms with Gasteiger partial charge < -0.3 is 19.5 Å². The number of nitro benzene ring substituents is 1. The molecule has 2 rings (SSSR count). The molecule has 0 bridgehead atoms. The van der Waals surface area contributed by atoms with Crippen molar-refractivity contribution in [3.05, 3.63) is 69.8 Å². The topological polar surface area (TPSA) is 117 Å². The summed E-state index contributed by atoms with van der Waals surface area (Å²) in [6.45, 7) is -0.268. The zero-order valence-corrected chi connectivity index (χ0v) is 15.9. The molecular weight excluding hydrogens is 380 g/mol. The van der Waals surface area contributed by atoms with E-state index in [1.165, 1.54) is 38.5 Å². The zero-order chi connectivity index (χ0) is 21.2. The Hall–Kier alpha value is -3.88. The summed E-state index contributed by atoms with van der Waals surface area (Å²) < 4.78 is 15.2. The first kappa shape index (κ1) is 21.4. The highest BCUT2D eigenvalue weighted by Crippen LogP contribution is 2.27. The van der Waals surface area contributed by atoms with E-state index in [0.717, 1.165) is 11.6 Å². The fourth-order valence-electron chi connectivity index (χ4n) is 2.38. The molecule has 2 aromatic carbocycles. The fraction of sp³-hybridized carbons (Fsp3) is 0.200. The van der Waals surface area contributed by atoms with Crippen LogP contribution in [0.15, 0.2) is 48.5 Å². The van der Waals surface area contributed by atoms with Crippen molar-refractivity contribution in [3.8, 4) is 11.5 Å². The van der Waals surface area contributed by atoms with Crippen LogP contribution >= 0.6 is 0 Å². The minimum Gasteiger partial charge on any atom is -0.493 e. The van der Waals surface area contributed by atoms with Crippen molar-refractivity contribution in [1.29, 1.82) is 0 Å². The molecule has 9 heteroatoms. The Morgan fingerprint density at radius 1 is 1.10 bits per heavy atom. The largest absolute Gasteiger partial charge is 0.493 e. The molecule has 1 amide bonds. The average molecular weight is 400 g/mol. The Bertz CT molecular complexity index is 925. The zero-order valence-electron chi connectivity index (χ0n) is 15.9. The van der Waals surface area contributed by atoms with Gasteiger partial charge in [-0.15, -0.1) is 0 Å². The minimum absolute atomic E-state index is 0.135. The number of carbonyl (C=O) groups is 2. The van der Waals surface area contributed by atoms with E-state index in [1.54, 1.807) is 24.3 Å². The molecule has 29 heavy (non-hydrogen) atoms. The Labute approximate surface area is 167 Å². The molecule has 0 heterocycles. The summed E-state index contributed by atoms with van der Waals surface area (Å²) in [4.78, 5) is 34.0. The molecule has 0 aliphatic heterocycles.